The number of fused-ring (bicyclic) bond motifs is 2. The summed E-state index contributed by atoms with van der Waals surface area (Å²) in [7, 11) is 0. The van der Waals surface area contributed by atoms with Crippen LogP contribution in [0.3, 0.4) is 0 Å². The number of hydrogen-bond acceptors (Lipinski definition) is 4. The molecule has 1 spiro atoms. The molecule has 1 aromatic heterocycles. The molecule has 0 unspecified atom stereocenters. The van der Waals surface area contributed by atoms with E-state index in [-0.39, 0.29) is 17.6 Å². The van der Waals surface area contributed by atoms with Gasteiger partial charge in [0.15, 0.2) is 0 Å². The number of carbonyl (C=O) groups is 2. The normalized spacial score (nSPS) is 23.8. The Bertz CT molecular complexity index is 930. The number of carbonyl (C=O) groups excluding carboxylic acids is 1. The largest absolute Gasteiger partial charge is 0.489 e. The zero-order chi connectivity index (χ0) is 19.2. The van der Waals surface area contributed by atoms with Crippen LogP contribution in [0.1, 0.15) is 52.9 Å². The van der Waals surface area contributed by atoms with Crippen molar-refractivity contribution in [3.05, 3.63) is 52.8 Å². The van der Waals surface area contributed by atoms with Crippen LogP contribution >= 0.6 is 0 Å². The third kappa shape index (κ3) is 2.95. The molecule has 1 fully saturated rings. The molecule has 4 rings (SSSR count). The van der Waals surface area contributed by atoms with Crippen molar-refractivity contribution < 1.29 is 19.4 Å². The van der Waals surface area contributed by atoms with E-state index < -0.39 is 11.4 Å². The molecule has 2 aromatic rings. The maximum Gasteiger partial charge on any atom is 0.335 e. The molecule has 1 aliphatic carbocycles. The first-order valence-corrected chi connectivity index (χ1v) is 9.18. The Kier molecular flexibility index (Phi) is 4.13. The Labute approximate surface area is 157 Å². The monoisotopic (exact) mass is 366 g/mol. The predicted octanol–water partition coefficient (Wildman–Crippen LogP) is 3.61. The van der Waals surface area contributed by atoms with Crippen molar-refractivity contribution in [2.24, 2.45) is 0 Å². The van der Waals surface area contributed by atoms with E-state index in [1.807, 2.05) is 19.9 Å². The Hall–Kier alpha value is -2.89. The highest BCUT2D eigenvalue weighted by Crippen LogP contribution is 2.48. The minimum Gasteiger partial charge on any atom is -0.489 e. The molecule has 0 atom stereocenters. The molecule has 6 nitrogen and oxygen atoms in total. The zero-order valence-electron chi connectivity index (χ0n) is 15.4. The molecule has 1 amide bonds. The first-order chi connectivity index (χ1) is 12.9. The maximum absolute atomic E-state index is 12.7. The number of pyridine rings is 1. The van der Waals surface area contributed by atoms with E-state index in [0.29, 0.717) is 12.8 Å². The summed E-state index contributed by atoms with van der Waals surface area (Å²) in [6.07, 6.45) is 4.52. The van der Waals surface area contributed by atoms with E-state index in [2.05, 4.69) is 10.3 Å². The smallest absolute Gasteiger partial charge is 0.335 e. The average Bonchev–Trinajstić information content (AvgIpc) is 2.90. The van der Waals surface area contributed by atoms with E-state index in [1.165, 1.54) is 6.07 Å². The fourth-order valence-corrected chi connectivity index (χ4v) is 4.23. The van der Waals surface area contributed by atoms with E-state index >= 15 is 0 Å². The minimum atomic E-state index is -0.980. The van der Waals surface area contributed by atoms with E-state index in [1.54, 1.807) is 18.3 Å². The van der Waals surface area contributed by atoms with Crippen LogP contribution in [0, 0.1) is 13.8 Å². The quantitative estimate of drug-likeness (QED) is 0.866. The second kappa shape index (κ2) is 6.37. The van der Waals surface area contributed by atoms with E-state index in [9.17, 15) is 14.7 Å². The highest BCUT2D eigenvalue weighted by molar-refractivity contribution is 6.07. The number of carboxylic acids is 1. The van der Waals surface area contributed by atoms with Gasteiger partial charge in [0.2, 0.25) is 5.91 Å². The predicted molar refractivity (Wildman–Crippen MR) is 100 cm³/mol. The number of aromatic carboxylic acids is 1. The van der Waals surface area contributed by atoms with Crippen molar-refractivity contribution in [1.29, 1.82) is 0 Å². The number of hydrogen-bond donors (Lipinski definition) is 2. The van der Waals surface area contributed by atoms with E-state index in [0.717, 1.165) is 41.1 Å². The summed E-state index contributed by atoms with van der Waals surface area (Å²) >= 11 is 0. The molecule has 0 radical (unpaired) electrons. The van der Waals surface area contributed by atoms with Crippen molar-refractivity contribution in [2.75, 3.05) is 5.32 Å². The summed E-state index contributed by atoms with van der Waals surface area (Å²) in [5.74, 6) is -0.232. The second-order valence-corrected chi connectivity index (χ2v) is 7.51. The molecule has 140 valence electrons. The summed E-state index contributed by atoms with van der Waals surface area (Å²) in [6, 6.07) is 6.86. The molecule has 2 heterocycles. The van der Waals surface area contributed by atoms with Crippen LogP contribution in [0.5, 0.6) is 5.75 Å². The van der Waals surface area contributed by atoms with Gasteiger partial charge in [-0.25, -0.2) is 4.79 Å². The van der Waals surface area contributed by atoms with Gasteiger partial charge in [-0.3, -0.25) is 9.78 Å². The van der Waals surface area contributed by atoms with Crippen LogP contribution in [-0.2, 0) is 10.2 Å². The number of carboxylic acid groups (broad SMARTS) is 1. The van der Waals surface area contributed by atoms with Gasteiger partial charge in [-0.2, -0.15) is 0 Å². The molecule has 0 bridgehead atoms. The number of nitrogens with zero attached hydrogens (tertiary/aromatic N) is 1. The van der Waals surface area contributed by atoms with Gasteiger partial charge < -0.3 is 15.2 Å². The van der Waals surface area contributed by atoms with Gasteiger partial charge in [0.1, 0.15) is 5.75 Å². The Morgan fingerprint density at radius 3 is 2.67 bits per heavy atom. The number of ether oxygens (including phenoxy) is 1. The van der Waals surface area contributed by atoms with Crippen LogP contribution in [0.2, 0.25) is 0 Å². The number of benzene rings is 1. The number of anilines is 1. The zero-order valence-corrected chi connectivity index (χ0v) is 15.4. The lowest BCUT2D eigenvalue weighted by Gasteiger charge is -2.36. The highest BCUT2D eigenvalue weighted by atomic mass is 16.5. The second-order valence-electron chi connectivity index (χ2n) is 7.51. The van der Waals surface area contributed by atoms with Crippen molar-refractivity contribution in [1.82, 2.24) is 4.98 Å². The Morgan fingerprint density at radius 1 is 1.26 bits per heavy atom. The Balaban J connectivity index is 1.54. The average molecular weight is 366 g/mol. The number of nitrogens with one attached hydrogen (secondary N) is 1. The molecule has 1 aliphatic heterocycles. The number of aromatic nitrogens is 1. The summed E-state index contributed by atoms with van der Waals surface area (Å²) < 4.78 is 6.14. The highest BCUT2D eigenvalue weighted by Gasteiger charge is 2.49. The van der Waals surface area contributed by atoms with Crippen LogP contribution in [0.25, 0.3) is 0 Å². The summed E-state index contributed by atoms with van der Waals surface area (Å²) in [4.78, 5) is 28.4. The van der Waals surface area contributed by atoms with Gasteiger partial charge in [-0.05, 0) is 74.9 Å². The van der Waals surface area contributed by atoms with Crippen molar-refractivity contribution in [3.63, 3.8) is 0 Å². The third-order valence-corrected chi connectivity index (χ3v) is 5.74. The lowest BCUT2D eigenvalue weighted by molar-refractivity contribution is -0.122. The topological polar surface area (TPSA) is 88.5 Å². The molecule has 1 saturated carbocycles. The first kappa shape index (κ1) is 17.5. The standard InChI is InChI=1S/C21H22N2O4/c1-12-9-13(2)22-11-18(12)27-15-5-7-21(8-6-15)16-10-14(19(24)25)3-4-17(16)23-20(21)26/h3-4,9-11,15H,5-8H2,1-2H3,(H,23,26)(H,24,25). The number of amides is 1. The van der Waals surface area contributed by atoms with Crippen LogP contribution < -0.4 is 10.1 Å². The van der Waals surface area contributed by atoms with Gasteiger partial charge >= 0.3 is 5.97 Å². The molecule has 2 aliphatic rings. The van der Waals surface area contributed by atoms with Gasteiger partial charge in [-0.1, -0.05) is 0 Å². The van der Waals surface area contributed by atoms with Crippen molar-refractivity contribution in [3.8, 4) is 5.75 Å². The van der Waals surface area contributed by atoms with Gasteiger partial charge in [0.05, 0.1) is 23.3 Å². The van der Waals surface area contributed by atoms with Gasteiger partial charge in [0, 0.05) is 11.4 Å². The summed E-state index contributed by atoms with van der Waals surface area (Å²) in [5, 5.41) is 12.2. The lowest BCUT2D eigenvalue weighted by atomic mass is 9.69. The van der Waals surface area contributed by atoms with Crippen molar-refractivity contribution >= 4 is 17.6 Å². The minimum absolute atomic E-state index is 0.0262. The molecule has 1 aromatic carbocycles. The van der Waals surface area contributed by atoms with Crippen LogP contribution in [0.4, 0.5) is 5.69 Å². The summed E-state index contributed by atoms with van der Waals surface area (Å²) in [6.45, 7) is 3.95. The molecular formula is C21H22N2O4. The fourth-order valence-electron chi connectivity index (χ4n) is 4.23. The van der Waals surface area contributed by atoms with Crippen LogP contribution in [0.15, 0.2) is 30.5 Å². The molecular weight excluding hydrogens is 344 g/mol. The number of aryl methyl sites for hydroxylation is 2. The van der Waals surface area contributed by atoms with Gasteiger partial charge in [0.25, 0.3) is 0 Å². The number of rotatable bonds is 3. The first-order valence-electron chi connectivity index (χ1n) is 9.18. The molecule has 0 saturated heterocycles. The van der Waals surface area contributed by atoms with Crippen LogP contribution in [-0.4, -0.2) is 28.1 Å². The van der Waals surface area contributed by atoms with Crippen molar-refractivity contribution in [2.45, 2.75) is 51.0 Å². The lowest BCUT2D eigenvalue weighted by Crippen LogP contribution is -2.41. The molecule has 27 heavy (non-hydrogen) atoms. The molecule has 6 heteroatoms. The Morgan fingerprint density at radius 2 is 2.00 bits per heavy atom. The third-order valence-electron chi connectivity index (χ3n) is 5.74. The fraction of sp³-hybridized carbons (Fsp3) is 0.381. The summed E-state index contributed by atoms with van der Waals surface area (Å²) in [5.41, 5.74) is 3.10. The van der Waals surface area contributed by atoms with E-state index in [4.69, 9.17) is 4.74 Å². The van der Waals surface area contributed by atoms with Gasteiger partial charge in [-0.15, -0.1) is 0 Å². The SMILES string of the molecule is Cc1cc(C)c(OC2CCC3(CC2)C(=O)Nc2ccc(C(=O)O)cc23)cn1. The molecule has 2 N–H and O–H groups in total. The maximum atomic E-state index is 12.7.